The SMILES string of the molecule is CC(C)(C)OC(=O)COc1ccc(Nc2cc(=O)[nH]c3ccc(C(c4ccc(Cl)cc4)c4ccc(Cl)cc4)cc23)cc1. The van der Waals surface area contributed by atoms with Crippen LogP contribution in [0.2, 0.25) is 10.0 Å². The molecule has 0 aliphatic carbocycles. The van der Waals surface area contributed by atoms with Crippen LogP contribution in [0.25, 0.3) is 10.9 Å². The van der Waals surface area contributed by atoms with Crippen molar-refractivity contribution in [3.63, 3.8) is 0 Å². The van der Waals surface area contributed by atoms with Crippen molar-refractivity contribution in [2.75, 3.05) is 11.9 Å². The smallest absolute Gasteiger partial charge is 0.344 e. The molecular weight excluding hydrogens is 571 g/mol. The maximum Gasteiger partial charge on any atom is 0.344 e. The molecule has 0 aliphatic rings. The lowest BCUT2D eigenvalue weighted by Crippen LogP contribution is -2.27. The van der Waals surface area contributed by atoms with E-state index in [2.05, 4.69) is 16.4 Å². The van der Waals surface area contributed by atoms with Crippen molar-refractivity contribution in [1.82, 2.24) is 4.98 Å². The first kappa shape index (κ1) is 29.2. The van der Waals surface area contributed by atoms with Crippen LogP contribution >= 0.6 is 23.2 Å². The summed E-state index contributed by atoms with van der Waals surface area (Å²) < 4.78 is 10.9. The predicted molar refractivity (Wildman–Crippen MR) is 169 cm³/mol. The van der Waals surface area contributed by atoms with Gasteiger partial charge in [0.05, 0.1) is 11.2 Å². The van der Waals surface area contributed by atoms with E-state index >= 15 is 0 Å². The van der Waals surface area contributed by atoms with Crippen LogP contribution in [0.5, 0.6) is 5.75 Å². The van der Waals surface area contributed by atoms with E-state index in [1.807, 2.05) is 93.6 Å². The molecule has 42 heavy (non-hydrogen) atoms. The zero-order chi connectivity index (χ0) is 29.9. The standard InChI is InChI=1S/C34H30Cl2N2O4/c1-34(2,3)42-32(40)20-41-27-15-13-26(14-16-27)37-30-19-31(39)38-29-17-8-23(18-28(29)30)33(21-4-9-24(35)10-5-21)22-6-11-25(36)12-7-22/h4-19,33H,20H2,1-3H3,(H2,37,38,39). The summed E-state index contributed by atoms with van der Waals surface area (Å²) in [4.78, 5) is 27.5. The van der Waals surface area contributed by atoms with Crippen molar-refractivity contribution in [3.05, 3.63) is 134 Å². The lowest BCUT2D eigenvalue weighted by Gasteiger charge is -2.20. The first-order chi connectivity index (χ1) is 20.0. The fourth-order valence-electron chi connectivity index (χ4n) is 4.75. The van der Waals surface area contributed by atoms with Crippen LogP contribution in [0.4, 0.5) is 11.4 Å². The predicted octanol–water partition coefficient (Wildman–Crippen LogP) is 8.48. The van der Waals surface area contributed by atoms with Gasteiger partial charge in [-0.05, 0) is 98.1 Å². The summed E-state index contributed by atoms with van der Waals surface area (Å²) in [5, 5.41) is 5.55. The number of anilines is 2. The highest BCUT2D eigenvalue weighted by Gasteiger charge is 2.19. The Morgan fingerprint density at radius 3 is 1.95 bits per heavy atom. The van der Waals surface area contributed by atoms with Crippen molar-refractivity contribution in [1.29, 1.82) is 0 Å². The van der Waals surface area contributed by atoms with Gasteiger partial charge in [-0.2, -0.15) is 0 Å². The Balaban J connectivity index is 1.45. The van der Waals surface area contributed by atoms with E-state index < -0.39 is 11.6 Å². The number of H-pyrrole nitrogens is 1. The third-order valence-corrected chi connectivity index (χ3v) is 7.02. The van der Waals surface area contributed by atoms with Gasteiger partial charge in [-0.15, -0.1) is 0 Å². The molecule has 6 nitrogen and oxygen atoms in total. The van der Waals surface area contributed by atoms with Gasteiger partial charge in [0.25, 0.3) is 0 Å². The molecular formula is C34H30Cl2N2O4. The molecule has 0 amide bonds. The number of carbonyl (C=O) groups is 1. The largest absolute Gasteiger partial charge is 0.482 e. The monoisotopic (exact) mass is 600 g/mol. The van der Waals surface area contributed by atoms with Crippen molar-refractivity contribution < 1.29 is 14.3 Å². The van der Waals surface area contributed by atoms with Crippen LogP contribution < -0.4 is 15.6 Å². The molecule has 0 saturated carbocycles. The molecule has 4 aromatic carbocycles. The normalized spacial score (nSPS) is 11.5. The molecule has 0 bridgehead atoms. The van der Waals surface area contributed by atoms with Crippen molar-refractivity contribution in [3.8, 4) is 5.75 Å². The first-order valence-electron chi connectivity index (χ1n) is 13.4. The van der Waals surface area contributed by atoms with E-state index in [4.69, 9.17) is 32.7 Å². The Kier molecular flexibility index (Phi) is 8.57. The maximum atomic E-state index is 12.5. The number of nitrogens with one attached hydrogen (secondary N) is 2. The number of benzene rings is 4. The van der Waals surface area contributed by atoms with Gasteiger partial charge in [-0.3, -0.25) is 4.79 Å². The van der Waals surface area contributed by atoms with Crippen molar-refractivity contribution in [2.45, 2.75) is 32.3 Å². The Bertz CT molecular complexity index is 1710. The van der Waals surface area contributed by atoms with Crippen LogP contribution in [-0.4, -0.2) is 23.2 Å². The van der Waals surface area contributed by atoms with Crippen LogP contribution in [-0.2, 0) is 9.53 Å². The summed E-state index contributed by atoms with van der Waals surface area (Å²) in [6.45, 7) is 5.24. The van der Waals surface area contributed by atoms with Crippen molar-refractivity contribution >= 4 is 51.4 Å². The van der Waals surface area contributed by atoms with Gasteiger partial charge in [0, 0.05) is 33.1 Å². The third-order valence-electron chi connectivity index (χ3n) is 6.52. The number of esters is 1. The van der Waals surface area contributed by atoms with Gasteiger partial charge in [-0.25, -0.2) is 4.79 Å². The molecule has 0 fully saturated rings. The Labute approximate surface area is 254 Å². The lowest BCUT2D eigenvalue weighted by atomic mass is 9.84. The van der Waals surface area contributed by atoms with E-state index in [-0.39, 0.29) is 18.1 Å². The molecule has 0 unspecified atom stereocenters. The van der Waals surface area contributed by atoms with Crippen LogP contribution in [0, 0.1) is 0 Å². The zero-order valence-electron chi connectivity index (χ0n) is 23.4. The fraction of sp³-hybridized carbons (Fsp3) is 0.176. The summed E-state index contributed by atoms with van der Waals surface area (Å²) in [5.41, 5.74) is 4.50. The second kappa shape index (κ2) is 12.3. The van der Waals surface area contributed by atoms with E-state index in [0.717, 1.165) is 27.8 Å². The molecule has 0 saturated heterocycles. The maximum absolute atomic E-state index is 12.5. The fourth-order valence-corrected chi connectivity index (χ4v) is 5.00. The van der Waals surface area contributed by atoms with Gasteiger partial charge in [0.15, 0.2) is 6.61 Å². The van der Waals surface area contributed by atoms with Gasteiger partial charge in [0.1, 0.15) is 11.4 Å². The number of rotatable bonds is 8. The zero-order valence-corrected chi connectivity index (χ0v) is 24.9. The summed E-state index contributed by atoms with van der Waals surface area (Å²) in [6, 6.07) is 30.3. The number of aromatic amines is 1. The Morgan fingerprint density at radius 2 is 1.38 bits per heavy atom. The van der Waals surface area contributed by atoms with Gasteiger partial charge in [-0.1, -0.05) is 53.5 Å². The van der Waals surface area contributed by atoms with Crippen LogP contribution in [0.15, 0.2) is 102 Å². The number of carbonyl (C=O) groups excluding carboxylic acids is 1. The number of aromatic nitrogens is 1. The van der Waals surface area contributed by atoms with Crippen LogP contribution in [0.3, 0.4) is 0 Å². The van der Waals surface area contributed by atoms with Crippen LogP contribution in [0.1, 0.15) is 43.4 Å². The molecule has 0 atom stereocenters. The molecule has 1 heterocycles. The molecule has 5 rings (SSSR count). The molecule has 0 spiro atoms. The van der Waals surface area contributed by atoms with E-state index in [1.54, 1.807) is 18.2 Å². The van der Waals surface area contributed by atoms with Gasteiger partial charge in [0.2, 0.25) is 5.56 Å². The molecule has 1 aromatic heterocycles. The molecule has 0 aliphatic heterocycles. The Morgan fingerprint density at radius 1 is 0.810 bits per heavy atom. The summed E-state index contributed by atoms with van der Waals surface area (Å²) in [6.07, 6.45) is 0. The second-order valence-electron chi connectivity index (χ2n) is 10.9. The minimum absolute atomic E-state index is 0.0925. The van der Waals surface area contributed by atoms with Crippen molar-refractivity contribution in [2.24, 2.45) is 0 Å². The number of pyridine rings is 1. The quantitative estimate of drug-likeness (QED) is 0.138. The minimum Gasteiger partial charge on any atom is -0.482 e. The summed E-state index contributed by atoms with van der Waals surface area (Å²) in [5.74, 6) is -0.00524. The van der Waals surface area contributed by atoms with Gasteiger partial charge >= 0.3 is 5.97 Å². The second-order valence-corrected chi connectivity index (χ2v) is 11.8. The van der Waals surface area contributed by atoms with Gasteiger partial charge < -0.3 is 19.8 Å². The molecule has 5 aromatic rings. The molecule has 2 N–H and O–H groups in total. The average molecular weight is 602 g/mol. The summed E-state index contributed by atoms with van der Waals surface area (Å²) >= 11 is 12.4. The number of ether oxygens (including phenoxy) is 2. The molecule has 0 radical (unpaired) electrons. The van der Waals surface area contributed by atoms with E-state index in [0.29, 0.717) is 27.0 Å². The number of hydrogen-bond acceptors (Lipinski definition) is 5. The van der Waals surface area contributed by atoms with E-state index in [1.165, 1.54) is 0 Å². The lowest BCUT2D eigenvalue weighted by molar-refractivity contribution is -0.157. The highest BCUT2D eigenvalue weighted by atomic mass is 35.5. The van der Waals surface area contributed by atoms with E-state index in [9.17, 15) is 9.59 Å². The minimum atomic E-state index is -0.575. The number of halogens is 2. The topological polar surface area (TPSA) is 80.4 Å². The average Bonchev–Trinajstić information content (AvgIpc) is 2.94. The highest BCUT2D eigenvalue weighted by Crippen LogP contribution is 2.36. The molecule has 214 valence electrons. The Hall–Kier alpha value is -4.26. The number of hydrogen-bond donors (Lipinski definition) is 2. The molecule has 8 heteroatoms. The highest BCUT2D eigenvalue weighted by molar-refractivity contribution is 6.30. The summed E-state index contributed by atoms with van der Waals surface area (Å²) in [7, 11) is 0. The first-order valence-corrected chi connectivity index (χ1v) is 14.2. The number of fused-ring (bicyclic) bond motifs is 1. The third kappa shape index (κ3) is 7.32.